The summed E-state index contributed by atoms with van der Waals surface area (Å²) in [5.74, 6) is 1.03. The lowest BCUT2D eigenvalue weighted by Crippen LogP contribution is -2.47. The highest BCUT2D eigenvalue weighted by atomic mass is 16.5. The molecule has 0 unspecified atom stereocenters. The lowest BCUT2D eigenvalue weighted by molar-refractivity contribution is -0.122. The molecule has 29 heavy (non-hydrogen) atoms. The molecule has 0 saturated carbocycles. The van der Waals surface area contributed by atoms with Crippen molar-refractivity contribution in [1.29, 1.82) is 0 Å². The Balaban J connectivity index is 1.36. The molecule has 2 heterocycles. The highest BCUT2D eigenvalue weighted by Gasteiger charge is 2.30. The van der Waals surface area contributed by atoms with Gasteiger partial charge < -0.3 is 14.8 Å². The van der Waals surface area contributed by atoms with Crippen molar-refractivity contribution in [3.8, 4) is 16.9 Å². The van der Waals surface area contributed by atoms with Crippen molar-refractivity contribution >= 4 is 11.6 Å². The van der Waals surface area contributed by atoms with Crippen LogP contribution in [0.5, 0.6) is 5.75 Å². The molecule has 2 aromatic carbocycles. The fraction of sp³-hybridized carbons (Fsp3) is 0.458. The smallest absolute Gasteiger partial charge is 0.228 e. The lowest BCUT2D eigenvalue weighted by atomic mass is 9.94. The SMILES string of the molecule is COc1cccc(-c2ccc(NC(=O)[C@@H]3CCCN(C4CCOCC4)C3)cc2)c1. The maximum absolute atomic E-state index is 12.9. The van der Waals surface area contributed by atoms with Crippen molar-refractivity contribution in [1.82, 2.24) is 4.90 Å². The first-order chi connectivity index (χ1) is 14.2. The first-order valence-electron chi connectivity index (χ1n) is 10.6. The van der Waals surface area contributed by atoms with Crippen molar-refractivity contribution in [2.45, 2.75) is 31.7 Å². The molecule has 1 N–H and O–H groups in total. The number of nitrogens with one attached hydrogen (secondary N) is 1. The molecule has 2 fully saturated rings. The zero-order valence-corrected chi connectivity index (χ0v) is 17.1. The van der Waals surface area contributed by atoms with E-state index in [0.717, 1.165) is 74.6 Å². The first-order valence-corrected chi connectivity index (χ1v) is 10.6. The number of hydrogen-bond donors (Lipinski definition) is 1. The van der Waals surface area contributed by atoms with Gasteiger partial charge in [-0.05, 0) is 67.6 Å². The van der Waals surface area contributed by atoms with E-state index in [1.807, 2.05) is 42.5 Å². The van der Waals surface area contributed by atoms with Crippen LogP contribution < -0.4 is 10.1 Å². The normalized spacial score (nSPS) is 20.9. The quantitative estimate of drug-likeness (QED) is 0.826. The standard InChI is InChI=1S/C24H30N2O3/c1-28-23-6-2-4-19(16-23)18-7-9-21(10-8-18)25-24(27)20-5-3-13-26(17-20)22-11-14-29-15-12-22/h2,4,6-10,16,20,22H,3,5,11-15,17H2,1H3,(H,25,27)/t20-/m1/s1. The van der Waals surface area contributed by atoms with E-state index in [2.05, 4.69) is 16.3 Å². The Labute approximate surface area is 173 Å². The number of methoxy groups -OCH3 is 1. The highest BCUT2D eigenvalue weighted by Crippen LogP contribution is 2.27. The maximum Gasteiger partial charge on any atom is 0.228 e. The van der Waals surface area contributed by atoms with Gasteiger partial charge in [0.25, 0.3) is 0 Å². The molecule has 0 bridgehead atoms. The Hall–Kier alpha value is -2.37. The number of likely N-dealkylation sites (tertiary alicyclic amines) is 1. The number of ether oxygens (including phenoxy) is 2. The van der Waals surface area contributed by atoms with Crippen LogP contribution in [0.2, 0.25) is 0 Å². The van der Waals surface area contributed by atoms with Crippen molar-refractivity contribution < 1.29 is 14.3 Å². The van der Waals surface area contributed by atoms with Gasteiger partial charge >= 0.3 is 0 Å². The molecule has 2 aliphatic heterocycles. The van der Waals surface area contributed by atoms with E-state index in [1.165, 1.54) is 0 Å². The van der Waals surface area contributed by atoms with E-state index in [1.54, 1.807) is 7.11 Å². The minimum Gasteiger partial charge on any atom is -0.497 e. The molecular formula is C24H30N2O3. The number of amides is 1. The summed E-state index contributed by atoms with van der Waals surface area (Å²) in [6.45, 7) is 3.65. The molecule has 2 aromatic rings. The number of hydrogen-bond acceptors (Lipinski definition) is 4. The average molecular weight is 395 g/mol. The third-order valence-corrected chi connectivity index (χ3v) is 6.09. The zero-order valence-electron chi connectivity index (χ0n) is 17.1. The van der Waals surface area contributed by atoms with Gasteiger partial charge in [0, 0.05) is 31.5 Å². The topological polar surface area (TPSA) is 50.8 Å². The number of anilines is 1. The second kappa shape index (κ2) is 9.42. The molecule has 2 saturated heterocycles. The monoisotopic (exact) mass is 394 g/mol. The van der Waals surface area contributed by atoms with Crippen LogP contribution in [0, 0.1) is 5.92 Å². The summed E-state index contributed by atoms with van der Waals surface area (Å²) in [4.78, 5) is 15.4. The summed E-state index contributed by atoms with van der Waals surface area (Å²) in [6.07, 6.45) is 4.22. The van der Waals surface area contributed by atoms with Crippen molar-refractivity contribution in [3.05, 3.63) is 48.5 Å². The fourth-order valence-electron chi connectivity index (χ4n) is 4.40. The third kappa shape index (κ3) is 4.98. The van der Waals surface area contributed by atoms with Crippen LogP contribution in [0.4, 0.5) is 5.69 Å². The fourth-order valence-corrected chi connectivity index (χ4v) is 4.40. The lowest BCUT2D eigenvalue weighted by Gasteiger charge is -2.39. The Morgan fingerprint density at radius 2 is 1.86 bits per heavy atom. The highest BCUT2D eigenvalue weighted by molar-refractivity contribution is 5.93. The molecule has 0 aromatic heterocycles. The van der Waals surface area contributed by atoms with Gasteiger partial charge in [0.15, 0.2) is 0 Å². The summed E-state index contributed by atoms with van der Waals surface area (Å²) < 4.78 is 10.8. The molecule has 1 atom stereocenters. The van der Waals surface area contributed by atoms with Gasteiger partial charge in [0.1, 0.15) is 5.75 Å². The van der Waals surface area contributed by atoms with E-state index >= 15 is 0 Å². The van der Waals surface area contributed by atoms with Gasteiger partial charge in [-0.1, -0.05) is 24.3 Å². The largest absolute Gasteiger partial charge is 0.497 e. The molecule has 5 heteroatoms. The Bertz CT molecular complexity index is 815. The number of rotatable bonds is 5. The zero-order chi connectivity index (χ0) is 20.1. The molecule has 0 aliphatic carbocycles. The summed E-state index contributed by atoms with van der Waals surface area (Å²) in [6, 6.07) is 16.6. The van der Waals surface area contributed by atoms with Crippen LogP contribution in [-0.2, 0) is 9.53 Å². The molecule has 4 rings (SSSR count). The predicted molar refractivity (Wildman–Crippen MR) is 115 cm³/mol. The first kappa shape index (κ1) is 19.9. The van der Waals surface area contributed by atoms with E-state index < -0.39 is 0 Å². The summed E-state index contributed by atoms with van der Waals surface area (Å²) in [7, 11) is 1.67. The van der Waals surface area contributed by atoms with E-state index in [0.29, 0.717) is 6.04 Å². The van der Waals surface area contributed by atoms with Crippen molar-refractivity contribution in [3.63, 3.8) is 0 Å². The molecular weight excluding hydrogens is 364 g/mol. The second-order valence-corrected chi connectivity index (χ2v) is 7.98. The Morgan fingerprint density at radius 3 is 2.62 bits per heavy atom. The van der Waals surface area contributed by atoms with E-state index in [9.17, 15) is 4.79 Å². The number of carbonyl (C=O) groups is 1. The van der Waals surface area contributed by atoms with Crippen LogP contribution in [0.1, 0.15) is 25.7 Å². The maximum atomic E-state index is 12.9. The average Bonchev–Trinajstić information content (AvgIpc) is 2.80. The van der Waals surface area contributed by atoms with Crippen LogP contribution in [0.15, 0.2) is 48.5 Å². The van der Waals surface area contributed by atoms with Gasteiger partial charge in [0.2, 0.25) is 5.91 Å². The van der Waals surface area contributed by atoms with Gasteiger partial charge in [-0.2, -0.15) is 0 Å². The number of carbonyl (C=O) groups excluding carboxylic acids is 1. The predicted octanol–water partition coefficient (Wildman–Crippen LogP) is 4.19. The minimum absolute atomic E-state index is 0.0599. The number of nitrogens with zero attached hydrogens (tertiary/aromatic N) is 1. The second-order valence-electron chi connectivity index (χ2n) is 7.98. The van der Waals surface area contributed by atoms with Gasteiger partial charge in [0.05, 0.1) is 13.0 Å². The Kier molecular flexibility index (Phi) is 6.47. The van der Waals surface area contributed by atoms with Crippen LogP contribution in [0.3, 0.4) is 0 Å². The molecule has 1 amide bonds. The van der Waals surface area contributed by atoms with Crippen LogP contribution >= 0.6 is 0 Å². The molecule has 0 radical (unpaired) electrons. The van der Waals surface area contributed by atoms with Crippen LogP contribution in [-0.4, -0.2) is 50.3 Å². The third-order valence-electron chi connectivity index (χ3n) is 6.09. The molecule has 154 valence electrons. The Morgan fingerprint density at radius 1 is 1.07 bits per heavy atom. The van der Waals surface area contributed by atoms with Crippen LogP contribution in [0.25, 0.3) is 11.1 Å². The van der Waals surface area contributed by atoms with Crippen molar-refractivity contribution in [2.75, 3.05) is 38.7 Å². The summed E-state index contributed by atoms with van der Waals surface area (Å²) in [5, 5.41) is 3.12. The molecule has 2 aliphatic rings. The van der Waals surface area contributed by atoms with Gasteiger partial charge in [-0.15, -0.1) is 0 Å². The minimum atomic E-state index is 0.0599. The molecule has 5 nitrogen and oxygen atoms in total. The molecule has 0 spiro atoms. The van der Waals surface area contributed by atoms with Crippen molar-refractivity contribution in [2.24, 2.45) is 5.92 Å². The van der Waals surface area contributed by atoms with Gasteiger partial charge in [-0.25, -0.2) is 0 Å². The van der Waals surface area contributed by atoms with Gasteiger partial charge in [-0.3, -0.25) is 9.69 Å². The number of piperidine rings is 1. The number of benzene rings is 2. The van der Waals surface area contributed by atoms with E-state index in [4.69, 9.17) is 9.47 Å². The summed E-state index contributed by atoms with van der Waals surface area (Å²) >= 11 is 0. The van der Waals surface area contributed by atoms with E-state index in [-0.39, 0.29) is 11.8 Å². The summed E-state index contributed by atoms with van der Waals surface area (Å²) in [5.41, 5.74) is 3.05.